The minimum atomic E-state index is -3.18. The average Bonchev–Trinajstić information content (AvgIpc) is 3.07. The van der Waals surface area contributed by atoms with Gasteiger partial charge in [0.05, 0.1) is 29.6 Å². The summed E-state index contributed by atoms with van der Waals surface area (Å²) in [7, 11) is -3.18. The summed E-state index contributed by atoms with van der Waals surface area (Å²) in [6.45, 7) is 0.666. The van der Waals surface area contributed by atoms with E-state index in [1.807, 2.05) is 6.07 Å². The number of thiazole rings is 1. The zero-order valence-corrected chi connectivity index (χ0v) is 12.5. The van der Waals surface area contributed by atoms with Crippen molar-refractivity contribution in [2.75, 3.05) is 12.4 Å². The summed E-state index contributed by atoms with van der Waals surface area (Å²) in [6.07, 6.45) is 3.20. The molecule has 2 aromatic heterocycles. The highest BCUT2D eigenvalue weighted by Crippen LogP contribution is 2.25. The van der Waals surface area contributed by atoms with Crippen LogP contribution >= 0.6 is 11.3 Å². The highest BCUT2D eigenvalue weighted by molar-refractivity contribution is 7.90. The molecule has 20 heavy (non-hydrogen) atoms. The summed E-state index contributed by atoms with van der Waals surface area (Å²) < 4.78 is 34.9. The Balaban J connectivity index is 1.68. The monoisotopic (exact) mass is 313 g/mol. The van der Waals surface area contributed by atoms with Crippen LogP contribution < -0.4 is 0 Å². The van der Waals surface area contributed by atoms with Gasteiger partial charge in [0.25, 0.3) is 0 Å². The molecule has 3 heterocycles. The molecule has 1 fully saturated rings. The van der Waals surface area contributed by atoms with Gasteiger partial charge < -0.3 is 9.15 Å². The normalized spacial score (nSPS) is 19.5. The summed E-state index contributed by atoms with van der Waals surface area (Å²) in [5.41, 5.74) is 0.569. The van der Waals surface area contributed by atoms with Crippen LogP contribution in [0.3, 0.4) is 0 Å². The number of sulfone groups is 1. The van der Waals surface area contributed by atoms with E-state index in [2.05, 4.69) is 4.98 Å². The lowest BCUT2D eigenvalue weighted by molar-refractivity contribution is 0.127. The second kappa shape index (κ2) is 5.67. The Morgan fingerprint density at radius 3 is 3.05 bits per heavy atom. The Morgan fingerprint density at radius 2 is 2.35 bits per heavy atom. The first kappa shape index (κ1) is 13.8. The Morgan fingerprint density at radius 1 is 1.45 bits per heavy atom. The van der Waals surface area contributed by atoms with E-state index >= 15 is 0 Å². The van der Waals surface area contributed by atoms with Crippen molar-refractivity contribution in [1.82, 2.24) is 4.98 Å². The predicted molar refractivity (Wildman–Crippen MR) is 76.3 cm³/mol. The third-order valence-corrected chi connectivity index (χ3v) is 5.64. The van der Waals surface area contributed by atoms with Crippen LogP contribution in [0.2, 0.25) is 0 Å². The van der Waals surface area contributed by atoms with E-state index in [-0.39, 0.29) is 17.6 Å². The Kier molecular flexibility index (Phi) is 3.91. The number of ether oxygens (including phenoxy) is 1. The zero-order valence-electron chi connectivity index (χ0n) is 10.8. The number of aromatic nitrogens is 1. The van der Waals surface area contributed by atoms with Gasteiger partial charge in [-0.05, 0) is 25.0 Å². The fourth-order valence-corrected chi connectivity index (χ4v) is 4.67. The van der Waals surface area contributed by atoms with Crippen molar-refractivity contribution in [3.05, 3.63) is 29.5 Å². The van der Waals surface area contributed by atoms with Crippen molar-refractivity contribution in [2.45, 2.75) is 24.7 Å². The SMILES string of the molecule is O=S(=O)(Cc1csc(-c2ccco2)n1)CC1CCCO1. The van der Waals surface area contributed by atoms with E-state index in [4.69, 9.17) is 9.15 Å². The van der Waals surface area contributed by atoms with Crippen LogP contribution in [0.5, 0.6) is 0 Å². The van der Waals surface area contributed by atoms with Gasteiger partial charge in [0, 0.05) is 12.0 Å². The third-order valence-electron chi connectivity index (χ3n) is 3.12. The van der Waals surface area contributed by atoms with E-state index in [0.717, 1.165) is 12.8 Å². The number of furan rings is 1. The quantitative estimate of drug-likeness (QED) is 0.848. The van der Waals surface area contributed by atoms with E-state index in [0.29, 0.717) is 23.1 Å². The van der Waals surface area contributed by atoms with E-state index in [1.54, 1.807) is 17.7 Å². The molecule has 1 saturated heterocycles. The highest BCUT2D eigenvalue weighted by Gasteiger charge is 2.24. The summed E-state index contributed by atoms with van der Waals surface area (Å²) in [4.78, 5) is 4.32. The first-order valence-corrected chi connectivity index (χ1v) is 9.13. The first-order chi connectivity index (χ1) is 9.62. The lowest BCUT2D eigenvalue weighted by Crippen LogP contribution is -2.21. The topological polar surface area (TPSA) is 69.4 Å². The predicted octanol–water partition coefficient (Wildman–Crippen LogP) is 2.50. The zero-order chi connectivity index (χ0) is 14.0. The van der Waals surface area contributed by atoms with Crippen molar-refractivity contribution in [2.24, 2.45) is 0 Å². The van der Waals surface area contributed by atoms with Crippen LogP contribution in [-0.4, -0.2) is 31.9 Å². The van der Waals surface area contributed by atoms with Crippen molar-refractivity contribution < 1.29 is 17.6 Å². The second-order valence-electron chi connectivity index (χ2n) is 4.81. The van der Waals surface area contributed by atoms with Crippen molar-refractivity contribution in [3.8, 4) is 10.8 Å². The smallest absolute Gasteiger partial charge is 0.162 e. The maximum Gasteiger partial charge on any atom is 0.162 e. The van der Waals surface area contributed by atoms with Gasteiger partial charge in [-0.15, -0.1) is 11.3 Å². The molecule has 0 N–H and O–H groups in total. The molecule has 7 heteroatoms. The molecular weight excluding hydrogens is 298 g/mol. The molecule has 0 amide bonds. The van der Waals surface area contributed by atoms with Crippen molar-refractivity contribution >= 4 is 21.2 Å². The molecule has 0 aromatic carbocycles. The van der Waals surface area contributed by atoms with Crippen LogP contribution in [0.1, 0.15) is 18.5 Å². The minimum absolute atomic E-state index is 0.0376. The molecule has 0 saturated carbocycles. The molecule has 1 atom stereocenters. The Bertz CT molecular complexity index is 654. The number of rotatable bonds is 5. The Hall–Kier alpha value is -1.18. The molecule has 0 aliphatic carbocycles. The van der Waals surface area contributed by atoms with Gasteiger partial charge in [0.15, 0.2) is 20.6 Å². The standard InChI is InChI=1S/C13H15NO4S2/c15-20(16,9-11-3-1-5-17-11)8-10-7-19-13(14-10)12-4-2-6-18-12/h2,4,6-7,11H,1,3,5,8-9H2. The molecule has 1 aliphatic rings. The molecule has 108 valence electrons. The molecule has 3 rings (SSSR count). The van der Waals surface area contributed by atoms with E-state index in [9.17, 15) is 8.42 Å². The molecule has 0 radical (unpaired) electrons. The fraction of sp³-hybridized carbons (Fsp3) is 0.462. The molecule has 1 aliphatic heterocycles. The van der Waals surface area contributed by atoms with E-state index in [1.165, 1.54) is 11.3 Å². The molecule has 5 nitrogen and oxygen atoms in total. The number of hydrogen-bond donors (Lipinski definition) is 0. The molecule has 0 bridgehead atoms. The summed E-state index contributed by atoms with van der Waals surface area (Å²) >= 11 is 1.39. The van der Waals surface area contributed by atoms with Crippen LogP contribution in [-0.2, 0) is 20.3 Å². The van der Waals surface area contributed by atoms with E-state index < -0.39 is 9.84 Å². The van der Waals surface area contributed by atoms with Gasteiger partial charge in [-0.3, -0.25) is 0 Å². The lowest BCUT2D eigenvalue weighted by Gasteiger charge is -2.08. The maximum atomic E-state index is 12.1. The Labute approximate surface area is 121 Å². The number of nitrogens with zero attached hydrogens (tertiary/aromatic N) is 1. The first-order valence-electron chi connectivity index (χ1n) is 6.43. The van der Waals surface area contributed by atoms with Gasteiger partial charge in [0.2, 0.25) is 0 Å². The average molecular weight is 313 g/mol. The van der Waals surface area contributed by atoms with Gasteiger partial charge in [0.1, 0.15) is 0 Å². The van der Waals surface area contributed by atoms with Gasteiger partial charge in [-0.25, -0.2) is 13.4 Å². The molecule has 2 aromatic rings. The lowest BCUT2D eigenvalue weighted by atomic mass is 10.3. The highest BCUT2D eigenvalue weighted by atomic mass is 32.2. The molecular formula is C13H15NO4S2. The minimum Gasteiger partial charge on any atom is -0.462 e. The van der Waals surface area contributed by atoms with Crippen LogP contribution in [0.25, 0.3) is 10.8 Å². The van der Waals surface area contributed by atoms with Gasteiger partial charge in [-0.2, -0.15) is 0 Å². The number of hydrogen-bond acceptors (Lipinski definition) is 6. The second-order valence-corrected chi connectivity index (χ2v) is 7.78. The van der Waals surface area contributed by atoms with Gasteiger partial charge in [-0.1, -0.05) is 0 Å². The maximum absolute atomic E-state index is 12.1. The largest absolute Gasteiger partial charge is 0.462 e. The fourth-order valence-electron chi connectivity index (χ4n) is 2.23. The third kappa shape index (κ3) is 3.28. The molecule has 1 unspecified atom stereocenters. The molecule has 0 spiro atoms. The summed E-state index contributed by atoms with van der Waals surface area (Å²) in [5.74, 6) is 0.711. The summed E-state index contributed by atoms with van der Waals surface area (Å²) in [5, 5.41) is 2.47. The van der Waals surface area contributed by atoms with Crippen molar-refractivity contribution in [3.63, 3.8) is 0 Å². The van der Waals surface area contributed by atoms with Crippen LogP contribution in [0.4, 0.5) is 0 Å². The van der Waals surface area contributed by atoms with Gasteiger partial charge >= 0.3 is 0 Å². The van der Waals surface area contributed by atoms with Crippen LogP contribution in [0.15, 0.2) is 28.2 Å². The van der Waals surface area contributed by atoms with Crippen LogP contribution in [0, 0.1) is 0 Å². The summed E-state index contributed by atoms with van der Waals surface area (Å²) in [6, 6.07) is 3.59. The van der Waals surface area contributed by atoms with Crippen molar-refractivity contribution in [1.29, 1.82) is 0 Å².